The molecule has 2 N–H and O–H groups in total. The Hall–Kier alpha value is -1.54. The molecule has 1 fully saturated rings. The summed E-state index contributed by atoms with van der Waals surface area (Å²) >= 11 is 0. The highest BCUT2D eigenvalue weighted by Crippen LogP contribution is 2.09. The number of nitrogens with zero attached hydrogens (tertiary/aromatic N) is 5. The molecular weight excluding hydrogens is 258 g/mol. The van der Waals surface area contributed by atoms with E-state index in [1.165, 1.54) is 0 Å². The number of amides is 1. The van der Waals surface area contributed by atoms with Crippen molar-refractivity contribution in [3.05, 3.63) is 5.82 Å². The van der Waals surface area contributed by atoms with E-state index >= 15 is 0 Å². The molecule has 0 bridgehead atoms. The minimum absolute atomic E-state index is 0.0641. The molecule has 2 heterocycles. The maximum absolute atomic E-state index is 12.1. The number of hydrogen-bond donors (Lipinski definition) is 2. The number of hydrogen-bond acceptors (Lipinski definition) is 6. The molecule has 0 radical (unpaired) electrons. The van der Waals surface area contributed by atoms with Gasteiger partial charge in [-0.3, -0.25) is 9.69 Å². The van der Waals surface area contributed by atoms with E-state index in [4.69, 9.17) is 0 Å². The second-order valence-corrected chi connectivity index (χ2v) is 4.90. The first-order valence-corrected chi connectivity index (χ1v) is 7.23. The normalized spacial score (nSPS) is 20.0. The lowest BCUT2D eigenvalue weighted by atomic mass is 10.1. The smallest absolute Gasteiger partial charge is 0.238 e. The summed E-state index contributed by atoms with van der Waals surface area (Å²) in [5.74, 6) is 0.886. The zero-order valence-electron chi connectivity index (χ0n) is 12.2. The van der Waals surface area contributed by atoms with E-state index in [-0.39, 0.29) is 11.9 Å². The number of carbonyl (C=O) groups is 1. The molecule has 1 saturated heterocycles. The van der Waals surface area contributed by atoms with Gasteiger partial charge in [0.25, 0.3) is 0 Å². The van der Waals surface area contributed by atoms with Gasteiger partial charge in [-0.05, 0) is 23.8 Å². The molecule has 0 saturated carbocycles. The first kappa shape index (κ1) is 14.9. The van der Waals surface area contributed by atoms with Crippen LogP contribution in [0.5, 0.6) is 0 Å². The minimum Gasteiger partial charge on any atom is -0.355 e. The number of rotatable bonds is 6. The third kappa shape index (κ3) is 3.51. The van der Waals surface area contributed by atoms with Crippen LogP contribution in [0.15, 0.2) is 0 Å². The van der Waals surface area contributed by atoms with Crippen LogP contribution in [0.3, 0.4) is 0 Å². The van der Waals surface area contributed by atoms with Gasteiger partial charge in [0, 0.05) is 32.7 Å². The Morgan fingerprint density at radius 3 is 3.10 bits per heavy atom. The maximum atomic E-state index is 12.1. The number of carbonyl (C=O) groups excluding carboxylic acids is 1. The third-order valence-corrected chi connectivity index (χ3v) is 3.39. The molecule has 1 aromatic rings. The molecule has 1 unspecified atom stereocenters. The van der Waals surface area contributed by atoms with Gasteiger partial charge in [0.1, 0.15) is 6.04 Å². The van der Waals surface area contributed by atoms with Crippen molar-refractivity contribution >= 4 is 5.91 Å². The predicted octanol–water partition coefficient (Wildman–Crippen LogP) is -1.01. The molecule has 0 aromatic carbocycles. The van der Waals surface area contributed by atoms with Crippen molar-refractivity contribution in [2.45, 2.75) is 39.4 Å². The second kappa shape index (κ2) is 7.30. The van der Waals surface area contributed by atoms with Crippen LogP contribution >= 0.6 is 0 Å². The lowest BCUT2D eigenvalue weighted by molar-refractivity contribution is -0.127. The monoisotopic (exact) mass is 281 g/mol. The van der Waals surface area contributed by atoms with Crippen LogP contribution in [-0.2, 0) is 17.9 Å². The van der Waals surface area contributed by atoms with Crippen molar-refractivity contribution in [3.8, 4) is 0 Å². The highest BCUT2D eigenvalue weighted by molar-refractivity contribution is 5.82. The Bertz CT molecular complexity index is 433. The molecule has 1 aliphatic rings. The molecule has 1 aromatic heterocycles. The average Bonchev–Trinajstić information content (AvgIpc) is 2.87. The summed E-state index contributed by atoms with van der Waals surface area (Å²) in [7, 11) is 0. The Kier molecular flexibility index (Phi) is 5.42. The van der Waals surface area contributed by atoms with E-state index in [9.17, 15) is 4.79 Å². The van der Waals surface area contributed by atoms with Crippen LogP contribution < -0.4 is 10.6 Å². The van der Waals surface area contributed by atoms with Crippen LogP contribution in [0.25, 0.3) is 0 Å². The fourth-order valence-electron chi connectivity index (χ4n) is 2.39. The highest BCUT2D eigenvalue weighted by atomic mass is 16.2. The minimum atomic E-state index is -0.157. The number of nitrogens with one attached hydrogen (secondary N) is 2. The van der Waals surface area contributed by atoms with Crippen molar-refractivity contribution in [2.24, 2.45) is 0 Å². The van der Waals surface area contributed by atoms with E-state index in [0.29, 0.717) is 19.6 Å². The molecule has 0 aliphatic carbocycles. The SMILES string of the molecule is CCCn1nnnc1CN1CCNCC1C(=O)NCC. The molecule has 112 valence electrons. The van der Waals surface area contributed by atoms with E-state index in [1.54, 1.807) is 0 Å². The lowest BCUT2D eigenvalue weighted by Crippen LogP contribution is -2.57. The molecule has 8 nitrogen and oxygen atoms in total. The number of aryl methyl sites for hydroxylation is 1. The Morgan fingerprint density at radius 2 is 2.35 bits per heavy atom. The van der Waals surface area contributed by atoms with Gasteiger partial charge in [-0.15, -0.1) is 5.10 Å². The van der Waals surface area contributed by atoms with Crippen LogP contribution in [-0.4, -0.2) is 63.2 Å². The molecule has 1 aliphatic heterocycles. The van der Waals surface area contributed by atoms with Gasteiger partial charge in [-0.2, -0.15) is 0 Å². The number of tetrazole rings is 1. The van der Waals surface area contributed by atoms with Gasteiger partial charge in [0.05, 0.1) is 6.54 Å². The van der Waals surface area contributed by atoms with Crippen LogP contribution in [0.2, 0.25) is 0 Å². The first-order valence-electron chi connectivity index (χ1n) is 7.23. The summed E-state index contributed by atoms with van der Waals surface area (Å²) < 4.78 is 1.82. The molecule has 8 heteroatoms. The standard InChI is InChI=1S/C12H23N7O/c1-3-6-19-11(15-16-17-19)9-18-7-5-13-8-10(18)12(20)14-4-2/h10,13H,3-9H2,1-2H3,(H,14,20). The Balaban J connectivity index is 2.04. The van der Waals surface area contributed by atoms with Crippen LogP contribution in [0.4, 0.5) is 0 Å². The number of aromatic nitrogens is 4. The summed E-state index contributed by atoms with van der Waals surface area (Å²) in [5.41, 5.74) is 0. The van der Waals surface area contributed by atoms with Crippen molar-refractivity contribution in [3.63, 3.8) is 0 Å². The molecule has 2 rings (SSSR count). The van der Waals surface area contributed by atoms with Gasteiger partial charge >= 0.3 is 0 Å². The van der Waals surface area contributed by atoms with Crippen molar-refractivity contribution in [2.75, 3.05) is 26.2 Å². The Morgan fingerprint density at radius 1 is 1.50 bits per heavy atom. The zero-order valence-corrected chi connectivity index (χ0v) is 12.2. The van der Waals surface area contributed by atoms with Crippen molar-refractivity contribution < 1.29 is 4.79 Å². The highest BCUT2D eigenvalue weighted by Gasteiger charge is 2.29. The van der Waals surface area contributed by atoms with E-state index in [0.717, 1.165) is 31.9 Å². The molecule has 1 amide bonds. The summed E-state index contributed by atoms with van der Waals surface area (Å²) in [5, 5.41) is 17.9. The fraction of sp³-hybridized carbons (Fsp3) is 0.833. The average molecular weight is 281 g/mol. The zero-order chi connectivity index (χ0) is 14.4. The summed E-state index contributed by atoms with van der Waals surface area (Å²) in [4.78, 5) is 14.2. The van der Waals surface area contributed by atoms with E-state index < -0.39 is 0 Å². The van der Waals surface area contributed by atoms with Crippen LogP contribution in [0.1, 0.15) is 26.1 Å². The summed E-state index contributed by atoms with van der Waals surface area (Å²) in [6, 6.07) is -0.157. The second-order valence-electron chi connectivity index (χ2n) is 4.90. The van der Waals surface area contributed by atoms with Gasteiger partial charge in [-0.1, -0.05) is 6.92 Å². The molecular formula is C12H23N7O. The maximum Gasteiger partial charge on any atom is 0.238 e. The topological polar surface area (TPSA) is 88.0 Å². The molecule has 20 heavy (non-hydrogen) atoms. The summed E-state index contributed by atoms with van der Waals surface area (Å²) in [6.07, 6.45) is 0.985. The number of piperazine rings is 1. The lowest BCUT2D eigenvalue weighted by Gasteiger charge is -2.34. The Labute approximate surface area is 118 Å². The van der Waals surface area contributed by atoms with Gasteiger partial charge < -0.3 is 10.6 Å². The van der Waals surface area contributed by atoms with Crippen molar-refractivity contribution in [1.82, 2.24) is 35.7 Å². The summed E-state index contributed by atoms with van der Waals surface area (Å²) in [6.45, 7) is 8.45. The first-order chi connectivity index (χ1) is 9.76. The molecule has 0 spiro atoms. The predicted molar refractivity (Wildman–Crippen MR) is 73.9 cm³/mol. The number of likely N-dealkylation sites (N-methyl/N-ethyl adjacent to an activating group) is 1. The largest absolute Gasteiger partial charge is 0.355 e. The fourth-order valence-corrected chi connectivity index (χ4v) is 2.39. The van der Waals surface area contributed by atoms with Gasteiger partial charge in [0.15, 0.2) is 5.82 Å². The van der Waals surface area contributed by atoms with E-state index in [1.807, 2.05) is 11.6 Å². The van der Waals surface area contributed by atoms with Crippen molar-refractivity contribution in [1.29, 1.82) is 0 Å². The third-order valence-electron chi connectivity index (χ3n) is 3.39. The van der Waals surface area contributed by atoms with Gasteiger partial charge in [0.2, 0.25) is 5.91 Å². The van der Waals surface area contributed by atoms with Gasteiger partial charge in [-0.25, -0.2) is 4.68 Å². The molecule has 1 atom stereocenters. The quantitative estimate of drug-likeness (QED) is 0.695. The van der Waals surface area contributed by atoms with E-state index in [2.05, 4.69) is 38.0 Å². The van der Waals surface area contributed by atoms with Crippen LogP contribution in [0, 0.1) is 0 Å².